The molecule has 0 bridgehead atoms. The Kier molecular flexibility index (Phi) is 10.5. The topological polar surface area (TPSA) is 49.4 Å². The molecule has 1 rings (SSSR count). The first kappa shape index (κ1) is 21.7. The SMILES string of the molecule is CCCN(CCC)C(=O)CCCC(=O)NC(C)Cc1ccc(Br)cc1. The van der Waals surface area contributed by atoms with E-state index in [1.165, 1.54) is 5.56 Å². The number of carbonyl (C=O) groups excluding carboxylic acids is 2. The zero-order chi connectivity index (χ0) is 18.7. The van der Waals surface area contributed by atoms with E-state index in [0.717, 1.165) is 36.8 Å². The smallest absolute Gasteiger partial charge is 0.222 e. The Morgan fingerprint density at radius 3 is 2.24 bits per heavy atom. The lowest BCUT2D eigenvalue weighted by atomic mass is 10.1. The maximum atomic E-state index is 12.2. The van der Waals surface area contributed by atoms with Crippen LogP contribution >= 0.6 is 15.9 Å². The van der Waals surface area contributed by atoms with Crippen LogP contribution in [0, 0.1) is 0 Å². The van der Waals surface area contributed by atoms with Gasteiger partial charge in [0.2, 0.25) is 11.8 Å². The molecule has 1 aromatic carbocycles. The maximum Gasteiger partial charge on any atom is 0.222 e. The Balaban J connectivity index is 2.29. The Bertz CT molecular complexity index is 525. The van der Waals surface area contributed by atoms with E-state index in [0.29, 0.717) is 19.3 Å². The summed E-state index contributed by atoms with van der Waals surface area (Å²) in [4.78, 5) is 26.2. The number of nitrogens with zero attached hydrogens (tertiary/aromatic N) is 1. The van der Waals surface area contributed by atoms with E-state index < -0.39 is 0 Å². The molecule has 1 N–H and O–H groups in total. The third-order valence-corrected chi connectivity index (χ3v) is 4.53. The van der Waals surface area contributed by atoms with E-state index in [4.69, 9.17) is 0 Å². The molecule has 25 heavy (non-hydrogen) atoms. The van der Waals surface area contributed by atoms with Crippen molar-refractivity contribution >= 4 is 27.7 Å². The number of carbonyl (C=O) groups is 2. The van der Waals surface area contributed by atoms with Crippen LogP contribution in [0.25, 0.3) is 0 Å². The van der Waals surface area contributed by atoms with Crippen LogP contribution in [0.5, 0.6) is 0 Å². The van der Waals surface area contributed by atoms with Crippen molar-refractivity contribution in [1.82, 2.24) is 10.2 Å². The normalized spacial score (nSPS) is 11.8. The van der Waals surface area contributed by atoms with Gasteiger partial charge in [0.15, 0.2) is 0 Å². The lowest BCUT2D eigenvalue weighted by molar-refractivity contribution is -0.131. The molecule has 0 aliphatic carbocycles. The first-order chi connectivity index (χ1) is 12.0. The summed E-state index contributed by atoms with van der Waals surface area (Å²) in [6.07, 6.45) is 4.22. The second kappa shape index (κ2) is 12.1. The van der Waals surface area contributed by atoms with Crippen molar-refractivity contribution in [2.75, 3.05) is 13.1 Å². The quantitative estimate of drug-likeness (QED) is 0.590. The zero-order valence-corrected chi connectivity index (χ0v) is 17.3. The predicted molar refractivity (Wildman–Crippen MR) is 106 cm³/mol. The summed E-state index contributed by atoms with van der Waals surface area (Å²) in [6.45, 7) is 7.79. The first-order valence-corrected chi connectivity index (χ1v) is 10.1. The van der Waals surface area contributed by atoms with Gasteiger partial charge in [-0.15, -0.1) is 0 Å². The molecule has 1 aromatic rings. The molecule has 1 atom stereocenters. The summed E-state index contributed by atoms with van der Waals surface area (Å²) in [5, 5.41) is 3.02. The summed E-state index contributed by atoms with van der Waals surface area (Å²) in [6, 6.07) is 8.21. The summed E-state index contributed by atoms with van der Waals surface area (Å²) in [5.74, 6) is 0.189. The number of halogens is 1. The monoisotopic (exact) mass is 410 g/mol. The molecule has 0 spiro atoms. The van der Waals surface area contributed by atoms with Crippen LogP contribution in [0.15, 0.2) is 28.7 Å². The largest absolute Gasteiger partial charge is 0.353 e. The average Bonchev–Trinajstić information content (AvgIpc) is 2.56. The second-order valence-electron chi connectivity index (χ2n) is 6.53. The van der Waals surface area contributed by atoms with Gasteiger partial charge in [0.25, 0.3) is 0 Å². The molecule has 5 heteroatoms. The van der Waals surface area contributed by atoms with Crippen molar-refractivity contribution in [1.29, 1.82) is 0 Å². The highest BCUT2D eigenvalue weighted by molar-refractivity contribution is 9.10. The fourth-order valence-corrected chi connectivity index (χ4v) is 3.10. The minimum atomic E-state index is 0.0231. The van der Waals surface area contributed by atoms with Crippen LogP contribution in [0.1, 0.15) is 58.4 Å². The molecule has 1 unspecified atom stereocenters. The Morgan fingerprint density at radius 1 is 1.08 bits per heavy atom. The van der Waals surface area contributed by atoms with Crippen molar-refractivity contribution in [2.24, 2.45) is 0 Å². The molecule has 4 nitrogen and oxygen atoms in total. The zero-order valence-electron chi connectivity index (χ0n) is 15.7. The van der Waals surface area contributed by atoms with Gasteiger partial charge >= 0.3 is 0 Å². The molecule has 140 valence electrons. The van der Waals surface area contributed by atoms with E-state index in [1.54, 1.807) is 0 Å². The number of nitrogens with one attached hydrogen (secondary N) is 1. The minimum absolute atomic E-state index is 0.0231. The predicted octanol–water partition coefficient (Wildman–Crippen LogP) is 4.32. The summed E-state index contributed by atoms with van der Waals surface area (Å²) >= 11 is 3.42. The standard InChI is InChI=1S/C20H31BrN2O2/c1-4-13-23(14-5-2)20(25)8-6-7-19(24)22-16(3)15-17-9-11-18(21)12-10-17/h9-12,16H,4-8,13-15H2,1-3H3,(H,22,24). The van der Waals surface area contributed by atoms with Crippen molar-refractivity contribution < 1.29 is 9.59 Å². The Hall–Kier alpha value is -1.36. The van der Waals surface area contributed by atoms with E-state index >= 15 is 0 Å². The van der Waals surface area contributed by atoms with Crippen LogP contribution in [0.2, 0.25) is 0 Å². The van der Waals surface area contributed by atoms with Gasteiger partial charge in [-0.2, -0.15) is 0 Å². The first-order valence-electron chi connectivity index (χ1n) is 9.27. The number of benzene rings is 1. The van der Waals surface area contributed by atoms with Gasteiger partial charge in [-0.25, -0.2) is 0 Å². The van der Waals surface area contributed by atoms with Crippen molar-refractivity contribution in [2.45, 2.75) is 65.3 Å². The van der Waals surface area contributed by atoms with Gasteiger partial charge in [0.1, 0.15) is 0 Å². The molecule has 2 amide bonds. The van der Waals surface area contributed by atoms with E-state index in [2.05, 4.69) is 47.2 Å². The molecule has 0 saturated heterocycles. The highest BCUT2D eigenvalue weighted by Gasteiger charge is 2.13. The molecule has 0 aliphatic rings. The Labute approximate surface area is 160 Å². The van der Waals surface area contributed by atoms with Crippen molar-refractivity contribution in [3.8, 4) is 0 Å². The number of hydrogen-bond donors (Lipinski definition) is 1. The summed E-state index contributed by atoms with van der Waals surface area (Å²) < 4.78 is 1.05. The molecular formula is C20H31BrN2O2. The highest BCUT2D eigenvalue weighted by atomic mass is 79.9. The minimum Gasteiger partial charge on any atom is -0.353 e. The van der Waals surface area contributed by atoms with Gasteiger partial charge in [-0.05, 0) is 50.3 Å². The second-order valence-corrected chi connectivity index (χ2v) is 7.45. The van der Waals surface area contributed by atoms with Crippen LogP contribution in [-0.2, 0) is 16.0 Å². The average molecular weight is 411 g/mol. The highest BCUT2D eigenvalue weighted by Crippen LogP contribution is 2.12. The molecule has 0 aliphatic heterocycles. The lowest BCUT2D eigenvalue weighted by Gasteiger charge is -2.21. The van der Waals surface area contributed by atoms with E-state index in [1.807, 2.05) is 24.0 Å². The van der Waals surface area contributed by atoms with Gasteiger partial charge in [-0.1, -0.05) is 41.9 Å². The molecule has 0 heterocycles. The van der Waals surface area contributed by atoms with E-state index in [-0.39, 0.29) is 17.9 Å². The maximum absolute atomic E-state index is 12.2. The van der Waals surface area contributed by atoms with Crippen molar-refractivity contribution in [3.05, 3.63) is 34.3 Å². The fraction of sp³-hybridized carbons (Fsp3) is 0.600. The van der Waals surface area contributed by atoms with Gasteiger partial charge in [0.05, 0.1) is 0 Å². The molecular weight excluding hydrogens is 380 g/mol. The van der Waals surface area contributed by atoms with Crippen LogP contribution in [0.3, 0.4) is 0 Å². The third-order valence-electron chi connectivity index (χ3n) is 4.00. The van der Waals surface area contributed by atoms with Crippen molar-refractivity contribution in [3.63, 3.8) is 0 Å². The van der Waals surface area contributed by atoms with Gasteiger partial charge in [0, 0.05) is 36.4 Å². The van der Waals surface area contributed by atoms with Crippen LogP contribution < -0.4 is 5.32 Å². The number of rotatable bonds is 11. The summed E-state index contributed by atoms with van der Waals surface area (Å²) in [5.41, 5.74) is 1.20. The number of amides is 2. The molecule has 0 fully saturated rings. The third kappa shape index (κ3) is 9.05. The van der Waals surface area contributed by atoms with Crippen LogP contribution in [0.4, 0.5) is 0 Å². The lowest BCUT2D eigenvalue weighted by Crippen LogP contribution is -2.35. The summed E-state index contributed by atoms with van der Waals surface area (Å²) in [7, 11) is 0. The fourth-order valence-electron chi connectivity index (χ4n) is 2.83. The molecule has 0 saturated carbocycles. The van der Waals surface area contributed by atoms with Crippen LogP contribution in [-0.4, -0.2) is 35.8 Å². The molecule has 0 radical (unpaired) electrons. The van der Waals surface area contributed by atoms with Gasteiger partial charge in [-0.3, -0.25) is 9.59 Å². The Morgan fingerprint density at radius 2 is 1.68 bits per heavy atom. The molecule has 0 aromatic heterocycles. The van der Waals surface area contributed by atoms with Gasteiger partial charge < -0.3 is 10.2 Å². The number of hydrogen-bond acceptors (Lipinski definition) is 2. The van der Waals surface area contributed by atoms with E-state index in [9.17, 15) is 9.59 Å².